The Labute approximate surface area is 107 Å². The van der Waals surface area contributed by atoms with E-state index in [4.69, 9.17) is 5.11 Å². The summed E-state index contributed by atoms with van der Waals surface area (Å²) in [6, 6.07) is 0. The summed E-state index contributed by atoms with van der Waals surface area (Å²) >= 11 is 0. The third-order valence-electron chi connectivity index (χ3n) is 5.03. The van der Waals surface area contributed by atoms with Crippen LogP contribution < -0.4 is 0 Å². The first kappa shape index (κ1) is 13.4. The van der Waals surface area contributed by atoms with Crippen LogP contribution in [-0.2, 0) is 9.59 Å². The SMILES string of the molecule is CCC1CC2CC(C(=O)O)CCC2C(C(=O)O)C1. The number of carboxylic acids is 2. The quantitative estimate of drug-likeness (QED) is 0.811. The Hall–Kier alpha value is -1.06. The lowest BCUT2D eigenvalue weighted by atomic mass is 9.60. The fraction of sp³-hybridized carbons (Fsp3) is 0.857. The second kappa shape index (κ2) is 5.29. The van der Waals surface area contributed by atoms with Gasteiger partial charge in [0.15, 0.2) is 0 Å². The zero-order valence-corrected chi connectivity index (χ0v) is 10.8. The molecular formula is C14H22O4. The Morgan fingerprint density at radius 1 is 1.06 bits per heavy atom. The van der Waals surface area contributed by atoms with Crippen molar-refractivity contribution in [3.05, 3.63) is 0 Å². The van der Waals surface area contributed by atoms with E-state index < -0.39 is 11.9 Å². The predicted octanol–water partition coefficient (Wildman–Crippen LogP) is 2.62. The average molecular weight is 254 g/mol. The molecule has 0 aromatic rings. The molecule has 0 amide bonds. The fourth-order valence-electron chi connectivity index (χ4n) is 3.99. The number of carboxylic acid groups (broad SMARTS) is 2. The molecule has 2 aliphatic carbocycles. The van der Waals surface area contributed by atoms with Gasteiger partial charge in [0, 0.05) is 0 Å². The highest BCUT2D eigenvalue weighted by Crippen LogP contribution is 2.48. The molecule has 4 nitrogen and oxygen atoms in total. The zero-order chi connectivity index (χ0) is 13.3. The Balaban J connectivity index is 2.11. The molecule has 5 atom stereocenters. The first-order valence-electron chi connectivity index (χ1n) is 6.98. The molecule has 2 N–H and O–H groups in total. The summed E-state index contributed by atoms with van der Waals surface area (Å²) < 4.78 is 0. The summed E-state index contributed by atoms with van der Waals surface area (Å²) in [5.74, 6) is -0.920. The Bertz CT molecular complexity index is 339. The highest BCUT2D eigenvalue weighted by Gasteiger charge is 2.44. The molecular weight excluding hydrogens is 232 g/mol. The lowest BCUT2D eigenvalue weighted by molar-refractivity contribution is -0.150. The molecule has 5 unspecified atom stereocenters. The number of fused-ring (bicyclic) bond motifs is 1. The Kier molecular flexibility index (Phi) is 3.93. The van der Waals surface area contributed by atoms with Crippen molar-refractivity contribution in [2.45, 2.75) is 45.4 Å². The Morgan fingerprint density at radius 3 is 2.33 bits per heavy atom. The maximum absolute atomic E-state index is 11.4. The minimum Gasteiger partial charge on any atom is -0.481 e. The third-order valence-corrected chi connectivity index (χ3v) is 5.03. The lowest BCUT2D eigenvalue weighted by Gasteiger charge is -2.44. The van der Waals surface area contributed by atoms with Crippen LogP contribution in [0.5, 0.6) is 0 Å². The lowest BCUT2D eigenvalue weighted by Crippen LogP contribution is -2.41. The van der Waals surface area contributed by atoms with Crippen LogP contribution in [0.1, 0.15) is 45.4 Å². The largest absolute Gasteiger partial charge is 0.481 e. The first-order valence-corrected chi connectivity index (χ1v) is 6.98. The van der Waals surface area contributed by atoms with E-state index in [2.05, 4.69) is 6.92 Å². The summed E-state index contributed by atoms with van der Waals surface area (Å²) in [7, 11) is 0. The van der Waals surface area contributed by atoms with Crippen molar-refractivity contribution in [2.75, 3.05) is 0 Å². The molecule has 0 radical (unpaired) electrons. The molecule has 2 saturated carbocycles. The number of hydrogen-bond acceptors (Lipinski definition) is 2. The second-order valence-electron chi connectivity index (χ2n) is 5.96. The zero-order valence-electron chi connectivity index (χ0n) is 10.8. The van der Waals surface area contributed by atoms with Crippen LogP contribution in [0.3, 0.4) is 0 Å². The molecule has 2 fully saturated rings. The minimum absolute atomic E-state index is 0.209. The predicted molar refractivity (Wildman–Crippen MR) is 66.1 cm³/mol. The first-order chi connectivity index (χ1) is 8.52. The molecule has 0 aromatic heterocycles. The van der Waals surface area contributed by atoms with Gasteiger partial charge >= 0.3 is 11.9 Å². The number of hydrogen-bond donors (Lipinski definition) is 2. The van der Waals surface area contributed by atoms with Gasteiger partial charge in [0.05, 0.1) is 11.8 Å². The molecule has 0 bridgehead atoms. The van der Waals surface area contributed by atoms with Crippen LogP contribution in [0.4, 0.5) is 0 Å². The maximum Gasteiger partial charge on any atom is 0.306 e. The van der Waals surface area contributed by atoms with Gasteiger partial charge < -0.3 is 10.2 Å². The van der Waals surface area contributed by atoms with Gasteiger partial charge in [-0.2, -0.15) is 0 Å². The normalized spacial score (nSPS) is 39.9. The van der Waals surface area contributed by atoms with Crippen molar-refractivity contribution < 1.29 is 19.8 Å². The molecule has 0 heterocycles. The summed E-state index contributed by atoms with van der Waals surface area (Å²) in [6.45, 7) is 2.10. The van der Waals surface area contributed by atoms with Gasteiger partial charge in [-0.25, -0.2) is 0 Å². The monoisotopic (exact) mass is 254 g/mol. The number of rotatable bonds is 3. The fourth-order valence-corrected chi connectivity index (χ4v) is 3.99. The smallest absolute Gasteiger partial charge is 0.306 e. The van der Waals surface area contributed by atoms with E-state index in [1.54, 1.807) is 0 Å². The molecule has 0 saturated heterocycles. The van der Waals surface area contributed by atoms with Gasteiger partial charge in [-0.1, -0.05) is 13.3 Å². The van der Waals surface area contributed by atoms with Crippen molar-refractivity contribution in [1.82, 2.24) is 0 Å². The molecule has 18 heavy (non-hydrogen) atoms. The van der Waals surface area contributed by atoms with E-state index in [9.17, 15) is 14.7 Å². The standard InChI is InChI=1S/C14H22O4/c1-2-8-5-10-7-9(13(15)16)3-4-11(10)12(6-8)14(17)18/h8-12H,2-7H2,1H3,(H,15,16)(H,17,18). The molecule has 2 rings (SSSR count). The highest BCUT2D eigenvalue weighted by atomic mass is 16.4. The van der Waals surface area contributed by atoms with Gasteiger partial charge in [-0.3, -0.25) is 9.59 Å². The molecule has 0 aromatic carbocycles. The van der Waals surface area contributed by atoms with Crippen molar-refractivity contribution in [1.29, 1.82) is 0 Å². The maximum atomic E-state index is 11.4. The second-order valence-corrected chi connectivity index (χ2v) is 5.96. The van der Waals surface area contributed by atoms with Crippen LogP contribution in [0, 0.1) is 29.6 Å². The van der Waals surface area contributed by atoms with Crippen LogP contribution in [-0.4, -0.2) is 22.2 Å². The van der Waals surface area contributed by atoms with Crippen LogP contribution in [0.2, 0.25) is 0 Å². The van der Waals surface area contributed by atoms with Crippen molar-refractivity contribution in [3.63, 3.8) is 0 Å². The molecule has 4 heteroatoms. The third kappa shape index (κ3) is 2.52. The van der Waals surface area contributed by atoms with E-state index in [1.807, 2.05) is 0 Å². The molecule has 0 aliphatic heterocycles. The molecule has 0 spiro atoms. The van der Waals surface area contributed by atoms with Gasteiger partial charge in [0.25, 0.3) is 0 Å². The van der Waals surface area contributed by atoms with E-state index in [0.29, 0.717) is 24.7 Å². The topological polar surface area (TPSA) is 74.6 Å². The highest BCUT2D eigenvalue weighted by molar-refractivity contribution is 5.71. The van der Waals surface area contributed by atoms with Crippen LogP contribution in [0.15, 0.2) is 0 Å². The average Bonchev–Trinajstić information content (AvgIpc) is 2.36. The molecule has 2 aliphatic rings. The van der Waals surface area contributed by atoms with E-state index in [0.717, 1.165) is 25.7 Å². The number of aliphatic carboxylic acids is 2. The van der Waals surface area contributed by atoms with Crippen LogP contribution >= 0.6 is 0 Å². The Morgan fingerprint density at radius 2 is 1.78 bits per heavy atom. The number of carbonyl (C=O) groups is 2. The minimum atomic E-state index is -0.709. The summed E-state index contributed by atoms with van der Waals surface area (Å²) in [5.41, 5.74) is 0. The summed E-state index contributed by atoms with van der Waals surface area (Å²) in [5, 5.41) is 18.5. The van der Waals surface area contributed by atoms with Crippen molar-refractivity contribution in [2.24, 2.45) is 29.6 Å². The summed E-state index contributed by atoms with van der Waals surface area (Å²) in [6.07, 6.45) is 4.91. The van der Waals surface area contributed by atoms with Crippen molar-refractivity contribution in [3.8, 4) is 0 Å². The van der Waals surface area contributed by atoms with E-state index in [1.165, 1.54) is 0 Å². The summed E-state index contributed by atoms with van der Waals surface area (Å²) in [4.78, 5) is 22.4. The van der Waals surface area contributed by atoms with Crippen molar-refractivity contribution >= 4 is 11.9 Å². The van der Waals surface area contributed by atoms with Gasteiger partial charge in [0.2, 0.25) is 0 Å². The van der Waals surface area contributed by atoms with Gasteiger partial charge in [0.1, 0.15) is 0 Å². The van der Waals surface area contributed by atoms with E-state index in [-0.39, 0.29) is 17.8 Å². The van der Waals surface area contributed by atoms with E-state index >= 15 is 0 Å². The molecule has 102 valence electrons. The van der Waals surface area contributed by atoms with Crippen LogP contribution in [0.25, 0.3) is 0 Å². The van der Waals surface area contributed by atoms with Gasteiger partial charge in [-0.05, 0) is 49.9 Å². The van der Waals surface area contributed by atoms with Gasteiger partial charge in [-0.15, -0.1) is 0 Å².